The van der Waals surface area contributed by atoms with Crippen LogP contribution in [0.4, 0.5) is 5.69 Å². The molecule has 5 heteroatoms. The number of amides is 1. The van der Waals surface area contributed by atoms with E-state index in [0.29, 0.717) is 11.4 Å². The summed E-state index contributed by atoms with van der Waals surface area (Å²) in [6, 6.07) is 14.6. The molecule has 1 N–H and O–H groups in total. The molecule has 0 fully saturated rings. The van der Waals surface area contributed by atoms with E-state index in [2.05, 4.69) is 0 Å². The van der Waals surface area contributed by atoms with E-state index in [4.69, 9.17) is 9.84 Å². The van der Waals surface area contributed by atoms with Gasteiger partial charge in [0.15, 0.2) is 11.5 Å². The molecule has 0 saturated carbocycles. The number of carbonyl (C=O) groups is 2. The molecule has 0 aliphatic carbocycles. The van der Waals surface area contributed by atoms with E-state index in [0.717, 1.165) is 11.1 Å². The summed E-state index contributed by atoms with van der Waals surface area (Å²) in [6.45, 7) is 1.46. The van der Waals surface area contributed by atoms with Gasteiger partial charge in [0.2, 0.25) is 0 Å². The highest BCUT2D eigenvalue weighted by Crippen LogP contribution is 2.36. The lowest BCUT2D eigenvalue weighted by Crippen LogP contribution is -2.40. The quantitative estimate of drug-likeness (QED) is 0.885. The molecule has 2 aromatic carbocycles. The monoisotopic (exact) mass is 309 g/mol. The van der Waals surface area contributed by atoms with Gasteiger partial charge in [0.1, 0.15) is 6.54 Å². The minimum atomic E-state index is -1.08. The summed E-state index contributed by atoms with van der Waals surface area (Å²) in [6.07, 6.45) is 1.61. The second-order valence-electron chi connectivity index (χ2n) is 5.28. The summed E-state index contributed by atoms with van der Waals surface area (Å²) in [7, 11) is 0. The molecular formula is C18H15NO4. The van der Waals surface area contributed by atoms with E-state index in [-0.39, 0.29) is 5.76 Å². The number of benzene rings is 2. The Hall–Kier alpha value is -3.08. The Morgan fingerprint density at radius 2 is 1.96 bits per heavy atom. The zero-order valence-electron chi connectivity index (χ0n) is 12.5. The first kappa shape index (κ1) is 14.8. The number of ether oxygens (including phenoxy) is 1. The van der Waals surface area contributed by atoms with Gasteiger partial charge >= 0.3 is 5.97 Å². The lowest BCUT2D eigenvalue weighted by atomic mass is 10.1. The van der Waals surface area contributed by atoms with Crippen molar-refractivity contribution >= 4 is 23.6 Å². The average Bonchev–Trinajstić information content (AvgIpc) is 2.53. The minimum absolute atomic E-state index is 0.105. The number of carbonyl (C=O) groups excluding carboxylic acids is 1. The van der Waals surface area contributed by atoms with Gasteiger partial charge in [0.25, 0.3) is 5.91 Å². The van der Waals surface area contributed by atoms with Crippen molar-refractivity contribution in [1.29, 1.82) is 0 Å². The van der Waals surface area contributed by atoms with Crippen LogP contribution in [0.1, 0.15) is 11.1 Å². The van der Waals surface area contributed by atoms with Crippen LogP contribution in [0.5, 0.6) is 5.75 Å². The molecule has 2 aromatic rings. The van der Waals surface area contributed by atoms with Gasteiger partial charge in [0, 0.05) is 0 Å². The molecule has 0 atom stereocenters. The summed E-state index contributed by atoms with van der Waals surface area (Å²) in [4.78, 5) is 25.0. The Morgan fingerprint density at radius 3 is 2.65 bits per heavy atom. The number of aliphatic carboxylic acids is 1. The first-order chi connectivity index (χ1) is 11.0. The number of aryl methyl sites for hydroxylation is 1. The standard InChI is InChI=1S/C18H15NO4/c1-12-7-8-15-14(9-12)19(11-17(20)21)18(22)16(23-15)10-13-5-3-2-4-6-13/h2-10H,11H2,1H3,(H,20,21)/b16-10+. The number of hydrogen-bond donors (Lipinski definition) is 1. The number of rotatable bonds is 3. The zero-order chi connectivity index (χ0) is 16.4. The molecule has 1 aliphatic rings. The molecule has 5 nitrogen and oxygen atoms in total. The summed E-state index contributed by atoms with van der Waals surface area (Å²) < 4.78 is 5.69. The van der Waals surface area contributed by atoms with Crippen LogP contribution >= 0.6 is 0 Å². The Balaban J connectivity index is 2.06. The fourth-order valence-corrected chi connectivity index (χ4v) is 2.41. The highest BCUT2D eigenvalue weighted by Gasteiger charge is 2.31. The zero-order valence-corrected chi connectivity index (χ0v) is 12.5. The van der Waals surface area contributed by atoms with E-state index >= 15 is 0 Å². The first-order valence-electron chi connectivity index (χ1n) is 7.13. The van der Waals surface area contributed by atoms with Crippen LogP contribution in [0.2, 0.25) is 0 Å². The molecule has 0 unspecified atom stereocenters. The van der Waals surface area contributed by atoms with Gasteiger partial charge in [0.05, 0.1) is 5.69 Å². The molecular weight excluding hydrogens is 294 g/mol. The van der Waals surface area contributed by atoms with Gasteiger partial charge in [-0.3, -0.25) is 14.5 Å². The lowest BCUT2D eigenvalue weighted by Gasteiger charge is -2.29. The lowest BCUT2D eigenvalue weighted by molar-refractivity contribution is -0.136. The molecule has 23 heavy (non-hydrogen) atoms. The highest BCUT2D eigenvalue weighted by atomic mass is 16.5. The maximum Gasteiger partial charge on any atom is 0.323 e. The summed E-state index contributed by atoms with van der Waals surface area (Å²) in [5.74, 6) is -0.964. The van der Waals surface area contributed by atoms with Gasteiger partial charge in [-0.05, 0) is 36.3 Å². The van der Waals surface area contributed by atoms with Crippen molar-refractivity contribution in [3.05, 3.63) is 65.4 Å². The van der Waals surface area contributed by atoms with E-state index in [1.807, 2.05) is 43.3 Å². The van der Waals surface area contributed by atoms with Crippen molar-refractivity contribution < 1.29 is 19.4 Å². The Bertz CT molecular complexity index is 796. The third-order valence-electron chi connectivity index (χ3n) is 3.47. The van der Waals surface area contributed by atoms with Crippen LogP contribution in [-0.4, -0.2) is 23.5 Å². The molecule has 0 spiro atoms. The minimum Gasteiger partial charge on any atom is -0.480 e. The summed E-state index contributed by atoms with van der Waals surface area (Å²) >= 11 is 0. The predicted molar refractivity (Wildman–Crippen MR) is 86.2 cm³/mol. The number of carboxylic acid groups (broad SMARTS) is 1. The second-order valence-corrected chi connectivity index (χ2v) is 5.28. The van der Waals surface area contributed by atoms with Crippen molar-refractivity contribution in [2.75, 3.05) is 11.4 Å². The fraction of sp³-hybridized carbons (Fsp3) is 0.111. The summed E-state index contributed by atoms with van der Waals surface area (Å²) in [5, 5.41) is 9.10. The van der Waals surface area contributed by atoms with Crippen LogP contribution in [0, 0.1) is 6.92 Å². The van der Waals surface area contributed by atoms with E-state index in [9.17, 15) is 9.59 Å². The molecule has 1 aliphatic heterocycles. The molecule has 116 valence electrons. The van der Waals surface area contributed by atoms with Gasteiger partial charge in [-0.2, -0.15) is 0 Å². The fourth-order valence-electron chi connectivity index (χ4n) is 2.41. The Labute approximate surface area is 133 Å². The van der Waals surface area contributed by atoms with Crippen molar-refractivity contribution in [2.24, 2.45) is 0 Å². The van der Waals surface area contributed by atoms with E-state index in [1.54, 1.807) is 18.2 Å². The van der Waals surface area contributed by atoms with Crippen LogP contribution in [0.25, 0.3) is 6.08 Å². The molecule has 0 aromatic heterocycles. The van der Waals surface area contributed by atoms with E-state index in [1.165, 1.54) is 4.90 Å². The third-order valence-corrected chi connectivity index (χ3v) is 3.47. The number of anilines is 1. The molecule has 0 saturated heterocycles. The topological polar surface area (TPSA) is 66.8 Å². The number of hydrogen-bond acceptors (Lipinski definition) is 3. The summed E-state index contributed by atoms with van der Waals surface area (Å²) in [5.41, 5.74) is 2.20. The molecule has 3 rings (SSSR count). The maximum absolute atomic E-state index is 12.6. The highest BCUT2D eigenvalue weighted by molar-refractivity contribution is 6.11. The smallest absolute Gasteiger partial charge is 0.323 e. The van der Waals surface area contributed by atoms with Gasteiger partial charge in [-0.25, -0.2) is 0 Å². The van der Waals surface area contributed by atoms with E-state index < -0.39 is 18.4 Å². The Morgan fingerprint density at radius 1 is 1.22 bits per heavy atom. The van der Waals surface area contributed by atoms with Gasteiger partial charge in [-0.1, -0.05) is 36.4 Å². The van der Waals surface area contributed by atoms with Crippen molar-refractivity contribution in [3.8, 4) is 5.75 Å². The maximum atomic E-state index is 12.6. The number of fused-ring (bicyclic) bond motifs is 1. The third kappa shape index (κ3) is 3.08. The molecule has 0 radical (unpaired) electrons. The SMILES string of the molecule is Cc1ccc2c(c1)N(CC(=O)O)C(=O)/C(=C\c1ccccc1)O2. The normalized spacial score (nSPS) is 15.3. The first-order valence-corrected chi connectivity index (χ1v) is 7.13. The molecule has 1 amide bonds. The van der Waals surface area contributed by atoms with Crippen LogP contribution in [-0.2, 0) is 9.59 Å². The van der Waals surface area contributed by atoms with Gasteiger partial charge < -0.3 is 9.84 Å². The van der Waals surface area contributed by atoms with Crippen molar-refractivity contribution in [1.82, 2.24) is 0 Å². The van der Waals surface area contributed by atoms with Crippen molar-refractivity contribution in [2.45, 2.75) is 6.92 Å². The molecule has 0 bridgehead atoms. The predicted octanol–water partition coefficient (Wildman–Crippen LogP) is 2.85. The van der Waals surface area contributed by atoms with Crippen LogP contribution in [0.15, 0.2) is 54.3 Å². The van der Waals surface area contributed by atoms with Crippen molar-refractivity contribution in [3.63, 3.8) is 0 Å². The second kappa shape index (κ2) is 5.96. The van der Waals surface area contributed by atoms with Gasteiger partial charge in [-0.15, -0.1) is 0 Å². The average molecular weight is 309 g/mol. The number of carboxylic acids is 1. The Kier molecular flexibility index (Phi) is 3.85. The molecule has 1 heterocycles. The van der Waals surface area contributed by atoms with Crippen LogP contribution < -0.4 is 9.64 Å². The largest absolute Gasteiger partial charge is 0.480 e. The number of nitrogens with zero attached hydrogens (tertiary/aromatic N) is 1. The van der Waals surface area contributed by atoms with Crippen LogP contribution in [0.3, 0.4) is 0 Å².